The minimum absolute atomic E-state index is 0.668. The molecule has 0 amide bonds. The highest BCUT2D eigenvalue weighted by atomic mass is 32.1. The second-order valence-electron chi connectivity index (χ2n) is 4.08. The van der Waals surface area contributed by atoms with E-state index >= 15 is 0 Å². The molecule has 1 aromatic heterocycles. The summed E-state index contributed by atoms with van der Waals surface area (Å²) >= 11 is 1.85. The summed E-state index contributed by atoms with van der Waals surface area (Å²) in [6.07, 6.45) is 4.24. The highest BCUT2D eigenvalue weighted by Gasteiger charge is 2.24. The number of aromatic nitrogens is 1. The smallest absolute Gasteiger partial charge is 0.0971 e. The van der Waals surface area contributed by atoms with E-state index < -0.39 is 0 Å². The van der Waals surface area contributed by atoms with Gasteiger partial charge in [0.2, 0.25) is 0 Å². The number of hydrogen-bond acceptors (Lipinski definition) is 4. The number of nitrogens with zero attached hydrogens (tertiary/aromatic N) is 2. The highest BCUT2D eigenvalue weighted by Crippen LogP contribution is 2.30. The Bertz CT molecular complexity index is 311. The Morgan fingerprint density at radius 2 is 2.53 bits per heavy atom. The average Bonchev–Trinajstić information content (AvgIpc) is 2.85. The predicted octanol–water partition coefficient (Wildman–Crippen LogP) is 1.45. The van der Waals surface area contributed by atoms with E-state index in [4.69, 9.17) is 5.73 Å². The SMILES string of the molecule is CCN1CCC(c2ncc(CCN)s2)C1. The van der Waals surface area contributed by atoms with Gasteiger partial charge in [-0.15, -0.1) is 11.3 Å². The zero-order valence-corrected chi connectivity index (χ0v) is 10.1. The maximum Gasteiger partial charge on any atom is 0.0971 e. The largest absolute Gasteiger partial charge is 0.330 e. The number of rotatable bonds is 4. The zero-order chi connectivity index (χ0) is 10.7. The molecule has 2 rings (SSSR count). The predicted molar refractivity (Wildman–Crippen MR) is 64.3 cm³/mol. The molecule has 1 unspecified atom stereocenters. The van der Waals surface area contributed by atoms with E-state index in [2.05, 4.69) is 16.8 Å². The van der Waals surface area contributed by atoms with Crippen molar-refractivity contribution in [2.45, 2.75) is 25.7 Å². The molecule has 1 aliphatic rings. The van der Waals surface area contributed by atoms with Crippen molar-refractivity contribution in [2.24, 2.45) is 5.73 Å². The molecular weight excluding hydrogens is 206 g/mol. The summed E-state index contributed by atoms with van der Waals surface area (Å²) in [5.41, 5.74) is 5.54. The molecule has 1 fully saturated rings. The Hall–Kier alpha value is -0.450. The number of thiazole rings is 1. The van der Waals surface area contributed by atoms with E-state index in [1.807, 2.05) is 17.5 Å². The van der Waals surface area contributed by atoms with Gasteiger partial charge in [0.15, 0.2) is 0 Å². The molecule has 84 valence electrons. The zero-order valence-electron chi connectivity index (χ0n) is 9.28. The van der Waals surface area contributed by atoms with Gasteiger partial charge in [-0.3, -0.25) is 0 Å². The minimum atomic E-state index is 0.668. The molecule has 3 nitrogen and oxygen atoms in total. The summed E-state index contributed by atoms with van der Waals surface area (Å²) in [6.45, 7) is 6.54. The van der Waals surface area contributed by atoms with Crippen LogP contribution in [0, 0.1) is 0 Å². The van der Waals surface area contributed by atoms with Crippen molar-refractivity contribution in [3.63, 3.8) is 0 Å². The first-order valence-electron chi connectivity index (χ1n) is 5.70. The molecule has 0 aromatic carbocycles. The third-order valence-corrected chi connectivity index (χ3v) is 4.25. The third kappa shape index (κ3) is 2.56. The highest BCUT2D eigenvalue weighted by molar-refractivity contribution is 7.11. The van der Waals surface area contributed by atoms with Crippen LogP contribution in [0.1, 0.15) is 29.1 Å². The van der Waals surface area contributed by atoms with Crippen molar-refractivity contribution < 1.29 is 0 Å². The maximum absolute atomic E-state index is 5.54. The summed E-state index contributed by atoms with van der Waals surface area (Å²) in [6, 6.07) is 0. The number of likely N-dealkylation sites (tertiary alicyclic amines) is 1. The van der Waals surface area contributed by atoms with E-state index in [0.29, 0.717) is 5.92 Å². The van der Waals surface area contributed by atoms with Crippen molar-refractivity contribution >= 4 is 11.3 Å². The topological polar surface area (TPSA) is 42.2 Å². The van der Waals surface area contributed by atoms with Gasteiger partial charge >= 0.3 is 0 Å². The lowest BCUT2D eigenvalue weighted by Crippen LogP contribution is -2.19. The summed E-state index contributed by atoms with van der Waals surface area (Å²) in [5, 5.41) is 1.31. The standard InChI is InChI=1S/C11H19N3S/c1-2-14-6-4-9(8-14)11-13-7-10(15-11)3-5-12/h7,9H,2-6,8,12H2,1H3. The molecular formula is C11H19N3S. The Morgan fingerprint density at radius 3 is 3.20 bits per heavy atom. The van der Waals surface area contributed by atoms with Gasteiger partial charge in [0.05, 0.1) is 5.01 Å². The van der Waals surface area contributed by atoms with Crippen LogP contribution < -0.4 is 5.73 Å². The molecule has 0 aliphatic carbocycles. The number of nitrogens with two attached hydrogens (primary N) is 1. The first kappa shape index (κ1) is 11.0. The van der Waals surface area contributed by atoms with Crippen LogP contribution in [0.3, 0.4) is 0 Å². The second kappa shape index (κ2) is 5.05. The van der Waals surface area contributed by atoms with Crippen LogP contribution in [-0.2, 0) is 6.42 Å². The molecule has 0 radical (unpaired) electrons. The van der Waals surface area contributed by atoms with Gasteiger partial charge < -0.3 is 10.6 Å². The van der Waals surface area contributed by atoms with Crippen molar-refractivity contribution in [2.75, 3.05) is 26.2 Å². The normalized spacial score (nSPS) is 22.4. The van der Waals surface area contributed by atoms with Crippen LogP contribution in [0.2, 0.25) is 0 Å². The molecule has 0 spiro atoms. The number of hydrogen-bond donors (Lipinski definition) is 1. The molecule has 1 saturated heterocycles. The summed E-state index contributed by atoms with van der Waals surface area (Å²) < 4.78 is 0. The second-order valence-corrected chi connectivity index (χ2v) is 5.23. The quantitative estimate of drug-likeness (QED) is 0.843. The summed E-state index contributed by atoms with van der Waals surface area (Å²) in [4.78, 5) is 8.35. The fourth-order valence-corrected chi connectivity index (χ4v) is 3.15. The van der Waals surface area contributed by atoms with Crippen LogP contribution in [-0.4, -0.2) is 36.1 Å². The van der Waals surface area contributed by atoms with Gasteiger partial charge in [-0.05, 0) is 32.5 Å². The van der Waals surface area contributed by atoms with Crippen molar-refractivity contribution in [3.05, 3.63) is 16.1 Å². The van der Waals surface area contributed by atoms with E-state index in [1.165, 1.54) is 29.4 Å². The van der Waals surface area contributed by atoms with Crippen molar-refractivity contribution in [1.82, 2.24) is 9.88 Å². The number of likely N-dealkylation sites (N-methyl/N-ethyl adjacent to an activating group) is 1. The first-order chi connectivity index (χ1) is 7.33. The Balaban J connectivity index is 1.97. The lowest BCUT2D eigenvalue weighted by Gasteiger charge is -2.11. The van der Waals surface area contributed by atoms with E-state index in [1.54, 1.807) is 0 Å². The average molecular weight is 225 g/mol. The summed E-state index contributed by atoms with van der Waals surface area (Å²) in [5.74, 6) is 0.668. The Morgan fingerprint density at radius 1 is 1.67 bits per heavy atom. The molecule has 2 N–H and O–H groups in total. The van der Waals surface area contributed by atoms with Crippen LogP contribution in [0.15, 0.2) is 6.20 Å². The Labute approximate surface area is 95.3 Å². The van der Waals surface area contributed by atoms with E-state index in [9.17, 15) is 0 Å². The molecule has 15 heavy (non-hydrogen) atoms. The van der Waals surface area contributed by atoms with E-state index in [0.717, 1.165) is 19.5 Å². The van der Waals surface area contributed by atoms with Crippen molar-refractivity contribution in [1.29, 1.82) is 0 Å². The van der Waals surface area contributed by atoms with Gasteiger partial charge in [-0.2, -0.15) is 0 Å². The lowest BCUT2D eigenvalue weighted by atomic mass is 10.1. The molecule has 1 aliphatic heterocycles. The molecule has 1 aromatic rings. The van der Waals surface area contributed by atoms with Crippen LogP contribution in [0.25, 0.3) is 0 Å². The lowest BCUT2D eigenvalue weighted by molar-refractivity contribution is 0.354. The van der Waals surface area contributed by atoms with Gasteiger partial charge in [0.25, 0.3) is 0 Å². The third-order valence-electron chi connectivity index (χ3n) is 3.03. The molecule has 2 heterocycles. The van der Waals surface area contributed by atoms with Gasteiger partial charge in [-0.1, -0.05) is 6.92 Å². The molecule has 1 atom stereocenters. The minimum Gasteiger partial charge on any atom is -0.330 e. The van der Waals surface area contributed by atoms with Gasteiger partial charge in [-0.25, -0.2) is 4.98 Å². The first-order valence-corrected chi connectivity index (χ1v) is 6.52. The fourth-order valence-electron chi connectivity index (χ4n) is 2.09. The summed E-state index contributed by atoms with van der Waals surface area (Å²) in [7, 11) is 0. The van der Waals surface area contributed by atoms with Crippen LogP contribution in [0.4, 0.5) is 0 Å². The molecule has 0 saturated carbocycles. The van der Waals surface area contributed by atoms with Gasteiger partial charge in [0.1, 0.15) is 0 Å². The Kier molecular flexibility index (Phi) is 3.72. The monoisotopic (exact) mass is 225 g/mol. The van der Waals surface area contributed by atoms with Crippen LogP contribution >= 0.6 is 11.3 Å². The van der Waals surface area contributed by atoms with Gasteiger partial charge in [0, 0.05) is 23.5 Å². The maximum atomic E-state index is 5.54. The molecule has 4 heteroatoms. The molecule has 0 bridgehead atoms. The fraction of sp³-hybridized carbons (Fsp3) is 0.727. The van der Waals surface area contributed by atoms with Crippen molar-refractivity contribution in [3.8, 4) is 0 Å². The van der Waals surface area contributed by atoms with E-state index in [-0.39, 0.29) is 0 Å². The van der Waals surface area contributed by atoms with Crippen LogP contribution in [0.5, 0.6) is 0 Å².